The van der Waals surface area contributed by atoms with Gasteiger partial charge in [0, 0.05) is 0 Å². The molecule has 1 saturated heterocycles. The van der Waals surface area contributed by atoms with Crippen molar-refractivity contribution in [1.29, 1.82) is 0 Å². The van der Waals surface area contributed by atoms with Crippen molar-refractivity contribution >= 4 is 11.4 Å². The molecule has 0 aromatic heterocycles. The van der Waals surface area contributed by atoms with Crippen LogP contribution < -0.4 is 10.1 Å². The molecular weight excluding hydrogens is 296 g/mol. The fraction of sp³-hybridized carbons (Fsp3) is 0.538. The lowest BCUT2D eigenvalue weighted by Gasteiger charge is -2.18. The van der Waals surface area contributed by atoms with E-state index in [-0.39, 0.29) is 11.4 Å². The van der Waals surface area contributed by atoms with E-state index in [1.165, 1.54) is 12.1 Å². The highest BCUT2D eigenvalue weighted by atomic mass is 16.6. The van der Waals surface area contributed by atoms with E-state index in [0.29, 0.717) is 12.4 Å². The van der Waals surface area contributed by atoms with Crippen LogP contribution in [-0.4, -0.2) is 58.0 Å². The summed E-state index contributed by atoms with van der Waals surface area (Å²) in [6.07, 6.45) is -4.61. The molecule has 1 aliphatic heterocycles. The predicted octanol–water partition coefficient (Wildman–Crippen LogP) is -0.156. The van der Waals surface area contributed by atoms with Gasteiger partial charge in [-0.25, -0.2) is 0 Å². The quantitative estimate of drug-likeness (QED) is 0.420. The van der Waals surface area contributed by atoms with Crippen molar-refractivity contribution in [3.8, 4) is 5.75 Å². The van der Waals surface area contributed by atoms with E-state index >= 15 is 0 Å². The van der Waals surface area contributed by atoms with E-state index in [9.17, 15) is 20.3 Å². The summed E-state index contributed by atoms with van der Waals surface area (Å²) < 4.78 is 10.4. The maximum Gasteiger partial charge on any atom is 0.296 e. The lowest BCUT2D eigenvalue weighted by molar-refractivity contribution is -0.384. The molecule has 1 aliphatic rings. The number of nitro benzene ring substituents is 1. The van der Waals surface area contributed by atoms with Crippen LogP contribution in [0.25, 0.3) is 0 Å². The number of aliphatic hydroxyl groups excluding tert-OH is 3. The van der Waals surface area contributed by atoms with Gasteiger partial charge >= 0.3 is 0 Å². The second-order valence-electron chi connectivity index (χ2n) is 4.77. The number of anilines is 1. The van der Waals surface area contributed by atoms with Crippen LogP contribution in [0.2, 0.25) is 0 Å². The maximum atomic E-state index is 11.1. The van der Waals surface area contributed by atoms with Crippen LogP contribution in [0.15, 0.2) is 18.2 Å². The number of hydrogen-bond donors (Lipinski definition) is 4. The third-order valence-electron chi connectivity index (χ3n) is 3.32. The van der Waals surface area contributed by atoms with Crippen LogP contribution in [0.5, 0.6) is 5.75 Å². The minimum atomic E-state index is -1.32. The number of hydrogen-bond acceptors (Lipinski definition) is 8. The van der Waals surface area contributed by atoms with Crippen LogP contribution >= 0.6 is 0 Å². The lowest BCUT2D eigenvalue weighted by Crippen LogP contribution is -2.36. The minimum Gasteiger partial charge on any atom is -0.494 e. The molecule has 0 saturated carbocycles. The van der Waals surface area contributed by atoms with Gasteiger partial charge in [-0.3, -0.25) is 10.1 Å². The van der Waals surface area contributed by atoms with Crippen LogP contribution in [0.4, 0.5) is 11.4 Å². The molecule has 1 fully saturated rings. The summed E-state index contributed by atoms with van der Waals surface area (Å²) in [4.78, 5) is 10.5. The van der Waals surface area contributed by atoms with Gasteiger partial charge in [0.2, 0.25) is 0 Å². The van der Waals surface area contributed by atoms with Gasteiger partial charge in [0.1, 0.15) is 29.7 Å². The predicted molar refractivity (Wildman–Crippen MR) is 75.6 cm³/mol. The van der Waals surface area contributed by atoms with E-state index in [4.69, 9.17) is 14.6 Å². The Kier molecular flexibility index (Phi) is 5.14. The van der Waals surface area contributed by atoms with Crippen molar-refractivity contribution in [2.45, 2.75) is 31.5 Å². The molecule has 0 bridgehead atoms. The zero-order valence-electron chi connectivity index (χ0n) is 11.9. The van der Waals surface area contributed by atoms with E-state index in [2.05, 4.69) is 5.32 Å². The highest BCUT2D eigenvalue weighted by molar-refractivity contribution is 5.64. The van der Waals surface area contributed by atoms with Crippen molar-refractivity contribution in [1.82, 2.24) is 0 Å². The average Bonchev–Trinajstić information content (AvgIpc) is 2.76. The number of nitrogens with zero attached hydrogens (tertiary/aromatic N) is 1. The average molecular weight is 314 g/mol. The fourth-order valence-corrected chi connectivity index (χ4v) is 2.21. The Labute approximate surface area is 126 Å². The first-order valence-electron chi connectivity index (χ1n) is 6.78. The van der Waals surface area contributed by atoms with E-state index in [0.717, 1.165) is 0 Å². The van der Waals surface area contributed by atoms with Crippen molar-refractivity contribution < 1.29 is 29.7 Å². The summed E-state index contributed by atoms with van der Waals surface area (Å²) in [6.45, 7) is 1.66. The molecule has 1 aromatic rings. The van der Waals surface area contributed by atoms with Crippen molar-refractivity contribution in [2.24, 2.45) is 0 Å². The van der Waals surface area contributed by atoms with Gasteiger partial charge in [0.15, 0.2) is 6.23 Å². The Morgan fingerprint density at radius 3 is 2.68 bits per heavy atom. The molecule has 1 aromatic carbocycles. The van der Waals surface area contributed by atoms with Gasteiger partial charge in [0.05, 0.1) is 24.2 Å². The monoisotopic (exact) mass is 314 g/mol. The Morgan fingerprint density at radius 1 is 1.41 bits per heavy atom. The van der Waals surface area contributed by atoms with E-state index < -0.39 is 36.1 Å². The Bertz CT molecular complexity index is 539. The van der Waals surface area contributed by atoms with Crippen LogP contribution in [0.1, 0.15) is 6.92 Å². The minimum absolute atomic E-state index is 0.114. The summed E-state index contributed by atoms with van der Waals surface area (Å²) in [7, 11) is 0. The number of nitro groups is 1. The molecule has 4 N–H and O–H groups in total. The number of rotatable bonds is 6. The first kappa shape index (κ1) is 16.4. The third-order valence-corrected chi connectivity index (χ3v) is 3.32. The zero-order chi connectivity index (χ0) is 16.3. The normalized spacial score (nSPS) is 27.6. The summed E-state index contributed by atoms with van der Waals surface area (Å²) in [6, 6.07) is 4.23. The zero-order valence-corrected chi connectivity index (χ0v) is 11.9. The standard InChI is InChI=1S/C13H18N2O7/c1-2-21-7-3-4-8(9(5-7)15(19)20)14-13-12(18)11(17)10(6-16)22-13/h3-5,10-14,16-18H,2,6H2,1H3. The lowest BCUT2D eigenvalue weighted by atomic mass is 10.1. The largest absolute Gasteiger partial charge is 0.494 e. The molecule has 9 nitrogen and oxygen atoms in total. The fourth-order valence-electron chi connectivity index (χ4n) is 2.21. The Balaban J connectivity index is 2.20. The molecule has 0 spiro atoms. The number of nitrogens with one attached hydrogen (secondary N) is 1. The molecule has 9 heteroatoms. The van der Waals surface area contributed by atoms with Crippen LogP contribution in [-0.2, 0) is 4.74 Å². The topological polar surface area (TPSA) is 134 Å². The highest BCUT2D eigenvalue weighted by Gasteiger charge is 2.42. The molecule has 4 atom stereocenters. The summed E-state index contributed by atoms with van der Waals surface area (Å²) >= 11 is 0. The molecule has 22 heavy (non-hydrogen) atoms. The van der Waals surface area contributed by atoms with Crippen molar-refractivity contribution in [2.75, 3.05) is 18.5 Å². The van der Waals surface area contributed by atoms with Crippen LogP contribution in [0, 0.1) is 10.1 Å². The Hall–Kier alpha value is -1.94. The van der Waals surface area contributed by atoms with Crippen LogP contribution in [0.3, 0.4) is 0 Å². The smallest absolute Gasteiger partial charge is 0.296 e. The van der Waals surface area contributed by atoms with Crippen molar-refractivity contribution in [3.63, 3.8) is 0 Å². The van der Waals surface area contributed by atoms with E-state index in [1.807, 2.05) is 0 Å². The molecule has 122 valence electrons. The van der Waals surface area contributed by atoms with Gasteiger partial charge in [-0.1, -0.05) is 0 Å². The molecule has 0 amide bonds. The molecule has 0 radical (unpaired) electrons. The van der Waals surface area contributed by atoms with Gasteiger partial charge in [-0.2, -0.15) is 0 Å². The molecule has 0 aliphatic carbocycles. The summed E-state index contributed by atoms with van der Waals surface area (Å²) in [5.41, 5.74) is -0.132. The third kappa shape index (κ3) is 3.28. The van der Waals surface area contributed by atoms with Crippen molar-refractivity contribution in [3.05, 3.63) is 28.3 Å². The molecule has 4 unspecified atom stereocenters. The maximum absolute atomic E-state index is 11.1. The summed E-state index contributed by atoms with van der Waals surface area (Å²) in [5, 5.41) is 42.3. The second kappa shape index (κ2) is 6.88. The van der Waals surface area contributed by atoms with Gasteiger partial charge in [-0.15, -0.1) is 0 Å². The van der Waals surface area contributed by atoms with Gasteiger partial charge in [-0.05, 0) is 19.1 Å². The summed E-state index contributed by atoms with van der Waals surface area (Å²) in [5.74, 6) is 0.348. The Morgan fingerprint density at radius 2 is 2.14 bits per heavy atom. The second-order valence-corrected chi connectivity index (χ2v) is 4.77. The van der Waals surface area contributed by atoms with Gasteiger partial charge in [0.25, 0.3) is 5.69 Å². The number of benzene rings is 1. The number of ether oxygens (including phenoxy) is 2. The van der Waals surface area contributed by atoms with E-state index in [1.54, 1.807) is 13.0 Å². The first-order valence-corrected chi connectivity index (χ1v) is 6.78. The molecule has 2 rings (SSSR count). The van der Waals surface area contributed by atoms with Gasteiger partial charge < -0.3 is 30.1 Å². The highest BCUT2D eigenvalue weighted by Crippen LogP contribution is 2.32. The molecular formula is C13H18N2O7. The first-order chi connectivity index (χ1) is 10.5. The molecule has 1 heterocycles. The number of aliphatic hydroxyl groups is 3. The SMILES string of the molecule is CCOc1ccc(NC2OC(CO)C(O)C2O)c([N+](=O)[O-])c1.